The summed E-state index contributed by atoms with van der Waals surface area (Å²) in [5.41, 5.74) is 1.30. The first kappa shape index (κ1) is 10.4. The highest BCUT2D eigenvalue weighted by Crippen LogP contribution is 2.34. The highest BCUT2D eigenvalue weighted by Gasteiger charge is 2.26. The maximum atomic E-state index is 6.00. The average Bonchev–Trinajstić information content (AvgIpc) is 2.30. The molecule has 1 aromatic carbocycles. The summed E-state index contributed by atoms with van der Waals surface area (Å²) in [5.74, 6) is 0.518. The van der Waals surface area contributed by atoms with Crippen molar-refractivity contribution in [2.75, 3.05) is 0 Å². The highest BCUT2D eigenvalue weighted by molar-refractivity contribution is 5.18. The Kier molecular flexibility index (Phi) is 3.22. The molecule has 0 saturated carbocycles. The largest absolute Gasteiger partial charge is 0.370 e. The Labute approximate surface area is 91.8 Å². The van der Waals surface area contributed by atoms with E-state index in [0.717, 1.165) is 6.42 Å². The number of hydrogen-bond acceptors (Lipinski definition) is 1. The summed E-state index contributed by atoms with van der Waals surface area (Å²) in [6.07, 6.45) is 4.88. The predicted octanol–water partition coefficient (Wildman–Crippen LogP) is 3.73. The van der Waals surface area contributed by atoms with Gasteiger partial charge in [0.2, 0.25) is 0 Å². The molecule has 0 unspecified atom stereocenters. The van der Waals surface area contributed by atoms with Crippen LogP contribution >= 0.6 is 0 Å². The van der Waals surface area contributed by atoms with Gasteiger partial charge >= 0.3 is 0 Å². The van der Waals surface area contributed by atoms with E-state index in [4.69, 9.17) is 4.74 Å². The molecule has 1 aliphatic rings. The smallest absolute Gasteiger partial charge is 0.0829 e. The Bertz CT molecular complexity index is 317. The minimum Gasteiger partial charge on any atom is -0.370 e. The average molecular weight is 202 g/mol. The monoisotopic (exact) mass is 202 g/mol. The minimum atomic E-state index is 0.275. The van der Waals surface area contributed by atoms with Gasteiger partial charge in [-0.3, -0.25) is 0 Å². The summed E-state index contributed by atoms with van der Waals surface area (Å²) >= 11 is 0. The lowest BCUT2D eigenvalue weighted by molar-refractivity contribution is -0.0632. The van der Waals surface area contributed by atoms with Gasteiger partial charge in [0.15, 0.2) is 0 Å². The number of ether oxygens (including phenoxy) is 1. The van der Waals surface area contributed by atoms with E-state index in [2.05, 4.69) is 37.8 Å². The van der Waals surface area contributed by atoms with Gasteiger partial charge < -0.3 is 4.74 Å². The molecule has 1 nitrogen and oxygen atoms in total. The molecule has 1 saturated heterocycles. The number of hydrogen-bond donors (Lipinski definition) is 0. The Morgan fingerprint density at radius 3 is 2.60 bits per heavy atom. The summed E-state index contributed by atoms with van der Waals surface area (Å²) in [7, 11) is 0. The molecule has 0 aromatic heterocycles. The molecule has 0 bridgehead atoms. The van der Waals surface area contributed by atoms with Crippen LogP contribution in [0.2, 0.25) is 0 Å². The summed E-state index contributed by atoms with van der Waals surface area (Å²) < 4.78 is 6.00. The Morgan fingerprint density at radius 2 is 2.00 bits per heavy atom. The van der Waals surface area contributed by atoms with Gasteiger partial charge in [-0.2, -0.15) is 0 Å². The molecular weight excluding hydrogens is 184 g/mol. The Hall–Kier alpha value is -1.08. The standard InChI is InChI=1S/C14H18O/c1-3-12-9-10-14(15-11(12)2)13-7-5-4-6-8-13/h3-8,11-12,14H,1,9-10H2,2H3/t11-,12-,14-/m1/s1. The van der Waals surface area contributed by atoms with Crippen molar-refractivity contribution in [1.82, 2.24) is 0 Å². The molecule has 1 fully saturated rings. The minimum absolute atomic E-state index is 0.275. The fourth-order valence-corrected chi connectivity index (χ4v) is 2.23. The molecule has 0 radical (unpaired) electrons. The van der Waals surface area contributed by atoms with E-state index in [-0.39, 0.29) is 6.10 Å². The van der Waals surface area contributed by atoms with E-state index in [1.807, 2.05) is 12.1 Å². The second kappa shape index (κ2) is 4.63. The molecule has 2 rings (SSSR count). The Balaban J connectivity index is 2.06. The number of rotatable bonds is 2. The third kappa shape index (κ3) is 2.29. The van der Waals surface area contributed by atoms with Gasteiger partial charge in [0.1, 0.15) is 0 Å². The number of benzene rings is 1. The molecule has 1 heterocycles. The van der Waals surface area contributed by atoms with E-state index in [1.54, 1.807) is 0 Å². The topological polar surface area (TPSA) is 9.23 Å². The van der Waals surface area contributed by atoms with Gasteiger partial charge in [-0.1, -0.05) is 36.4 Å². The molecular formula is C14H18O. The lowest BCUT2D eigenvalue weighted by atomic mass is 9.90. The fraction of sp³-hybridized carbons (Fsp3) is 0.429. The van der Waals surface area contributed by atoms with Crippen molar-refractivity contribution in [3.05, 3.63) is 48.6 Å². The van der Waals surface area contributed by atoms with Crippen LogP contribution in [0.3, 0.4) is 0 Å². The van der Waals surface area contributed by atoms with E-state index in [0.29, 0.717) is 12.0 Å². The quantitative estimate of drug-likeness (QED) is 0.664. The maximum Gasteiger partial charge on any atom is 0.0829 e. The lowest BCUT2D eigenvalue weighted by Gasteiger charge is -2.33. The highest BCUT2D eigenvalue weighted by atomic mass is 16.5. The van der Waals surface area contributed by atoms with Crippen molar-refractivity contribution in [1.29, 1.82) is 0 Å². The molecule has 80 valence electrons. The van der Waals surface area contributed by atoms with E-state index in [1.165, 1.54) is 12.0 Å². The van der Waals surface area contributed by atoms with Crippen LogP contribution in [0.5, 0.6) is 0 Å². The van der Waals surface area contributed by atoms with Gasteiger partial charge in [-0.05, 0) is 25.3 Å². The SMILES string of the molecule is C=C[C@@H]1CC[C@H](c2ccccc2)O[C@@H]1C. The molecule has 0 amide bonds. The maximum absolute atomic E-state index is 6.00. The second-order valence-corrected chi connectivity index (χ2v) is 4.22. The first-order valence-corrected chi connectivity index (χ1v) is 5.64. The molecule has 1 aliphatic heterocycles. The zero-order valence-corrected chi connectivity index (χ0v) is 9.23. The molecule has 15 heavy (non-hydrogen) atoms. The first-order valence-electron chi connectivity index (χ1n) is 5.64. The fourth-order valence-electron chi connectivity index (χ4n) is 2.23. The van der Waals surface area contributed by atoms with E-state index >= 15 is 0 Å². The normalized spacial score (nSPS) is 31.1. The summed E-state index contributed by atoms with van der Waals surface area (Å²) in [5, 5.41) is 0. The van der Waals surface area contributed by atoms with Crippen LogP contribution in [0, 0.1) is 5.92 Å². The molecule has 0 N–H and O–H groups in total. The summed E-state index contributed by atoms with van der Waals surface area (Å²) in [4.78, 5) is 0. The second-order valence-electron chi connectivity index (χ2n) is 4.22. The zero-order chi connectivity index (χ0) is 10.7. The van der Waals surface area contributed by atoms with Gasteiger partial charge in [0.25, 0.3) is 0 Å². The van der Waals surface area contributed by atoms with Crippen molar-refractivity contribution in [2.24, 2.45) is 5.92 Å². The Morgan fingerprint density at radius 1 is 1.27 bits per heavy atom. The van der Waals surface area contributed by atoms with Crippen LogP contribution < -0.4 is 0 Å². The molecule has 1 heteroatoms. The molecule has 1 aromatic rings. The van der Waals surface area contributed by atoms with Crippen LogP contribution in [0.1, 0.15) is 31.4 Å². The van der Waals surface area contributed by atoms with Crippen LogP contribution in [0.15, 0.2) is 43.0 Å². The van der Waals surface area contributed by atoms with Gasteiger partial charge in [0.05, 0.1) is 12.2 Å². The van der Waals surface area contributed by atoms with Crippen LogP contribution in [-0.4, -0.2) is 6.10 Å². The summed E-state index contributed by atoms with van der Waals surface area (Å²) in [6, 6.07) is 10.5. The third-order valence-corrected chi connectivity index (χ3v) is 3.22. The van der Waals surface area contributed by atoms with Crippen molar-refractivity contribution in [3.63, 3.8) is 0 Å². The van der Waals surface area contributed by atoms with E-state index in [9.17, 15) is 0 Å². The lowest BCUT2D eigenvalue weighted by Crippen LogP contribution is -2.27. The molecule has 3 atom stereocenters. The summed E-state index contributed by atoms with van der Waals surface area (Å²) in [6.45, 7) is 5.99. The first-order chi connectivity index (χ1) is 7.31. The van der Waals surface area contributed by atoms with Crippen LogP contribution in [0.25, 0.3) is 0 Å². The van der Waals surface area contributed by atoms with Crippen LogP contribution in [0.4, 0.5) is 0 Å². The zero-order valence-electron chi connectivity index (χ0n) is 9.23. The van der Waals surface area contributed by atoms with Crippen molar-refractivity contribution in [3.8, 4) is 0 Å². The van der Waals surface area contributed by atoms with Crippen molar-refractivity contribution < 1.29 is 4.74 Å². The molecule has 0 spiro atoms. The van der Waals surface area contributed by atoms with Gasteiger partial charge in [-0.15, -0.1) is 6.58 Å². The third-order valence-electron chi connectivity index (χ3n) is 3.22. The van der Waals surface area contributed by atoms with Crippen LogP contribution in [-0.2, 0) is 4.74 Å². The van der Waals surface area contributed by atoms with Gasteiger partial charge in [0, 0.05) is 5.92 Å². The van der Waals surface area contributed by atoms with Gasteiger partial charge in [-0.25, -0.2) is 0 Å². The van der Waals surface area contributed by atoms with Crippen molar-refractivity contribution >= 4 is 0 Å². The van der Waals surface area contributed by atoms with E-state index < -0.39 is 0 Å². The predicted molar refractivity (Wildman–Crippen MR) is 62.7 cm³/mol. The molecule has 0 aliphatic carbocycles. The van der Waals surface area contributed by atoms with Crippen molar-refractivity contribution in [2.45, 2.75) is 32.0 Å².